The maximum atomic E-state index is 12.4. The van der Waals surface area contributed by atoms with Crippen molar-refractivity contribution in [2.75, 3.05) is 19.9 Å². The van der Waals surface area contributed by atoms with Crippen molar-refractivity contribution < 1.29 is 13.2 Å². The summed E-state index contributed by atoms with van der Waals surface area (Å²) in [7, 11) is -0.382. The van der Waals surface area contributed by atoms with E-state index in [2.05, 4.69) is 0 Å². The molecule has 0 unspecified atom stereocenters. The summed E-state index contributed by atoms with van der Waals surface area (Å²) in [6, 6.07) is 13.5. The van der Waals surface area contributed by atoms with Crippen molar-refractivity contribution in [3.05, 3.63) is 54.1 Å². The molecule has 5 nitrogen and oxygen atoms in total. The first-order valence-corrected chi connectivity index (χ1v) is 7.82. The number of sulfonamides is 1. The third kappa shape index (κ3) is 3.53. The van der Waals surface area contributed by atoms with Crippen LogP contribution in [0.15, 0.2) is 53.4 Å². The number of nitrogen functional groups attached to an aromatic ring is 1. The molecule has 0 heterocycles. The summed E-state index contributed by atoms with van der Waals surface area (Å²) in [5, 5.41) is 0. The molecule has 0 atom stereocenters. The molecule has 0 aromatic heterocycles. The number of benzene rings is 2. The number of methoxy groups -OCH3 is 1. The van der Waals surface area contributed by atoms with Gasteiger partial charge in [-0.2, -0.15) is 4.31 Å². The third-order valence-electron chi connectivity index (χ3n) is 3.15. The van der Waals surface area contributed by atoms with Crippen molar-refractivity contribution in [1.82, 2.24) is 4.31 Å². The fourth-order valence-electron chi connectivity index (χ4n) is 1.89. The van der Waals surface area contributed by atoms with Gasteiger partial charge in [0.15, 0.2) is 0 Å². The predicted octanol–water partition coefficient (Wildman–Crippen LogP) is 2.10. The van der Waals surface area contributed by atoms with Crippen molar-refractivity contribution in [2.24, 2.45) is 0 Å². The van der Waals surface area contributed by atoms with Crippen LogP contribution in [0.5, 0.6) is 5.75 Å². The zero-order valence-corrected chi connectivity index (χ0v) is 12.8. The number of hydrogen-bond donors (Lipinski definition) is 1. The molecule has 0 fully saturated rings. The van der Waals surface area contributed by atoms with Gasteiger partial charge < -0.3 is 10.5 Å². The summed E-state index contributed by atoms with van der Waals surface area (Å²) in [4.78, 5) is 0.229. The summed E-state index contributed by atoms with van der Waals surface area (Å²) in [6.07, 6.45) is 0. The molecule has 2 aromatic carbocycles. The minimum atomic E-state index is -3.52. The smallest absolute Gasteiger partial charge is 0.243 e. The van der Waals surface area contributed by atoms with Gasteiger partial charge in [0.2, 0.25) is 10.0 Å². The van der Waals surface area contributed by atoms with Crippen LogP contribution in [0.4, 0.5) is 5.69 Å². The first kappa shape index (κ1) is 15.3. The molecular weight excluding hydrogens is 288 g/mol. The number of nitrogens with zero attached hydrogens (tertiary/aromatic N) is 1. The molecule has 0 saturated heterocycles. The molecule has 21 heavy (non-hydrogen) atoms. The molecule has 2 rings (SSSR count). The maximum Gasteiger partial charge on any atom is 0.243 e. The van der Waals surface area contributed by atoms with Gasteiger partial charge in [0.05, 0.1) is 12.0 Å². The fourth-order valence-corrected chi connectivity index (χ4v) is 3.05. The second kappa shape index (κ2) is 6.15. The van der Waals surface area contributed by atoms with Crippen LogP contribution in [-0.4, -0.2) is 26.9 Å². The summed E-state index contributed by atoms with van der Waals surface area (Å²) in [5.41, 5.74) is 7.00. The summed E-state index contributed by atoms with van der Waals surface area (Å²) < 4.78 is 31.2. The van der Waals surface area contributed by atoms with Crippen molar-refractivity contribution >= 4 is 15.7 Å². The van der Waals surface area contributed by atoms with Crippen LogP contribution < -0.4 is 10.5 Å². The van der Waals surface area contributed by atoms with Gasteiger partial charge in [0.1, 0.15) is 5.75 Å². The minimum absolute atomic E-state index is 0.229. The molecule has 0 spiro atoms. The van der Waals surface area contributed by atoms with Gasteiger partial charge in [-0.1, -0.05) is 12.1 Å². The monoisotopic (exact) mass is 306 g/mol. The van der Waals surface area contributed by atoms with Crippen LogP contribution in [0.1, 0.15) is 5.56 Å². The molecule has 6 heteroatoms. The van der Waals surface area contributed by atoms with Crippen LogP contribution >= 0.6 is 0 Å². The van der Waals surface area contributed by atoms with Crippen molar-refractivity contribution in [2.45, 2.75) is 11.4 Å². The lowest BCUT2D eigenvalue weighted by Gasteiger charge is -2.17. The second-order valence-electron chi connectivity index (χ2n) is 4.68. The number of nitrogens with two attached hydrogens (primary N) is 1. The van der Waals surface area contributed by atoms with Crippen molar-refractivity contribution in [3.63, 3.8) is 0 Å². The molecule has 0 amide bonds. The van der Waals surface area contributed by atoms with Gasteiger partial charge in [-0.25, -0.2) is 8.42 Å². The van der Waals surface area contributed by atoms with E-state index in [-0.39, 0.29) is 11.4 Å². The molecule has 0 radical (unpaired) electrons. The van der Waals surface area contributed by atoms with Crippen LogP contribution in [0.25, 0.3) is 0 Å². The Kier molecular flexibility index (Phi) is 4.50. The first-order valence-electron chi connectivity index (χ1n) is 6.38. The van der Waals surface area contributed by atoms with Crippen LogP contribution in [0.3, 0.4) is 0 Å². The van der Waals surface area contributed by atoms with E-state index in [1.165, 1.54) is 16.4 Å². The SMILES string of the molecule is COc1ccc(CN(C)S(=O)(=O)c2ccc(N)cc2)cc1. The quantitative estimate of drug-likeness (QED) is 0.859. The molecular formula is C15H18N2O3S. The van der Waals surface area contributed by atoms with Gasteiger partial charge >= 0.3 is 0 Å². The Morgan fingerprint density at radius 2 is 1.62 bits per heavy atom. The minimum Gasteiger partial charge on any atom is -0.497 e. The molecule has 0 aliphatic rings. The lowest BCUT2D eigenvalue weighted by Crippen LogP contribution is -2.26. The molecule has 0 aliphatic heterocycles. The van der Waals surface area contributed by atoms with E-state index >= 15 is 0 Å². The van der Waals surface area contributed by atoms with Crippen LogP contribution in [-0.2, 0) is 16.6 Å². The number of anilines is 1. The molecule has 0 saturated carbocycles. The summed E-state index contributed by atoms with van der Waals surface area (Å²) >= 11 is 0. The highest BCUT2D eigenvalue weighted by Crippen LogP contribution is 2.19. The molecule has 112 valence electrons. The third-order valence-corrected chi connectivity index (χ3v) is 4.97. The Hall–Kier alpha value is -2.05. The van der Waals surface area contributed by atoms with Gasteiger partial charge in [0.25, 0.3) is 0 Å². The average Bonchev–Trinajstić information content (AvgIpc) is 2.48. The van der Waals surface area contributed by atoms with Crippen LogP contribution in [0.2, 0.25) is 0 Å². The van der Waals surface area contributed by atoms with Crippen LogP contribution in [0, 0.1) is 0 Å². The largest absolute Gasteiger partial charge is 0.497 e. The Balaban J connectivity index is 2.17. The van der Waals surface area contributed by atoms with Crippen molar-refractivity contribution in [3.8, 4) is 5.75 Å². The Labute approximate surface area is 125 Å². The number of ether oxygens (including phenoxy) is 1. The zero-order chi connectivity index (χ0) is 15.5. The highest BCUT2D eigenvalue weighted by molar-refractivity contribution is 7.89. The normalized spacial score (nSPS) is 11.6. The summed E-state index contributed by atoms with van der Waals surface area (Å²) in [6.45, 7) is 0.288. The Bertz CT molecular complexity index is 695. The highest BCUT2D eigenvalue weighted by Gasteiger charge is 2.20. The lowest BCUT2D eigenvalue weighted by molar-refractivity contribution is 0.414. The van der Waals surface area contributed by atoms with Gasteiger partial charge in [-0.3, -0.25) is 0 Å². The highest BCUT2D eigenvalue weighted by atomic mass is 32.2. The Morgan fingerprint density at radius 1 is 1.05 bits per heavy atom. The first-order chi connectivity index (χ1) is 9.93. The molecule has 2 aromatic rings. The van der Waals surface area contributed by atoms with E-state index in [1.54, 1.807) is 38.4 Å². The lowest BCUT2D eigenvalue weighted by atomic mass is 10.2. The zero-order valence-electron chi connectivity index (χ0n) is 12.0. The molecule has 0 aliphatic carbocycles. The standard InChI is InChI=1S/C15H18N2O3S/c1-17(11-12-3-7-14(20-2)8-4-12)21(18,19)15-9-5-13(16)6-10-15/h3-10H,11,16H2,1-2H3. The van der Waals surface area contributed by atoms with Gasteiger partial charge in [0, 0.05) is 19.3 Å². The second-order valence-corrected chi connectivity index (χ2v) is 6.72. The number of hydrogen-bond acceptors (Lipinski definition) is 4. The molecule has 2 N–H and O–H groups in total. The van der Waals surface area contributed by atoms with E-state index < -0.39 is 10.0 Å². The topological polar surface area (TPSA) is 72.6 Å². The van der Waals surface area contributed by atoms with E-state index in [4.69, 9.17) is 10.5 Å². The van der Waals surface area contributed by atoms with Crippen molar-refractivity contribution in [1.29, 1.82) is 0 Å². The fraction of sp³-hybridized carbons (Fsp3) is 0.200. The van der Waals surface area contributed by atoms with E-state index in [0.29, 0.717) is 5.69 Å². The van der Waals surface area contributed by atoms with Gasteiger partial charge in [-0.15, -0.1) is 0 Å². The van der Waals surface area contributed by atoms with E-state index in [1.807, 2.05) is 12.1 Å². The van der Waals surface area contributed by atoms with E-state index in [0.717, 1.165) is 11.3 Å². The predicted molar refractivity (Wildman–Crippen MR) is 82.5 cm³/mol. The average molecular weight is 306 g/mol. The number of rotatable bonds is 5. The Morgan fingerprint density at radius 3 is 2.14 bits per heavy atom. The summed E-state index contributed by atoms with van der Waals surface area (Å²) in [5.74, 6) is 0.739. The molecule has 0 bridgehead atoms. The van der Waals surface area contributed by atoms with Gasteiger partial charge in [-0.05, 0) is 42.0 Å². The van der Waals surface area contributed by atoms with E-state index in [9.17, 15) is 8.42 Å². The maximum absolute atomic E-state index is 12.4.